The van der Waals surface area contributed by atoms with Gasteiger partial charge in [-0.25, -0.2) is 9.78 Å². The number of hydrogen-bond acceptors (Lipinski definition) is 14. The molecule has 26 heteroatoms. The molecule has 16 N–H and O–H groups in total. The van der Waals surface area contributed by atoms with Crippen molar-refractivity contribution >= 4 is 59.2 Å². The summed E-state index contributed by atoms with van der Waals surface area (Å²) in [5, 5.41) is 43.8. The second-order valence-corrected chi connectivity index (χ2v) is 17.9. The van der Waals surface area contributed by atoms with Crippen LogP contribution >= 0.6 is 0 Å². The molecule has 0 unspecified atom stereocenters. The first-order chi connectivity index (χ1) is 34.1. The topological polar surface area (TPSA) is 418 Å². The highest BCUT2D eigenvalue weighted by atomic mass is 16.5. The van der Waals surface area contributed by atoms with Gasteiger partial charge in [0.15, 0.2) is 5.96 Å². The number of nitrogens with one attached hydrogen (secondary N) is 7. The number of aliphatic hydroxyl groups is 1. The number of methoxy groups -OCH3 is 1. The Kier molecular flexibility index (Phi) is 23.8. The number of carbonyl (C=O) groups excluding carboxylic acids is 7. The third-order valence-electron chi connectivity index (χ3n) is 12.0. The predicted octanol–water partition coefficient (Wildman–Crippen LogP) is -2.87. The zero-order chi connectivity index (χ0) is 53.7. The summed E-state index contributed by atoms with van der Waals surface area (Å²) in [6.07, 6.45) is 2.66. The number of likely N-dealkylation sites (tertiary alicyclic amines) is 1. The van der Waals surface area contributed by atoms with Gasteiger partial charge in [-0.3, -0.25) is 43.3 Å². The highest BCUT2D eigenvalue weighted by molar-refractivity contribution is 5.98. The number of nitrogens with zero attached hydrogens (tertiary/aromatic N) is 3. The summed E-state index contributed by atoms with van der Waals surface area (Å²) in [6, 6.07) is -4.03. The molecule has 2 aromatic rings. The van der Waals surface area contributed by atoms with Crippen molar-refractivity contribution in [2.75, 3.05) is 26.8 Å². The molecule has 0 spiro atoms. The molecule has 1 aromatic carbocycles. The zero-order valence-corrected chi connectivity index (χ0v) is 41.2. The predicted molar refractivity (Wildman–Crippen MR) is 259 cm³/mol. The van der Waals surface area contributed by atoms with Crippen molar-refractivity contribution in [2.24, 2.45) is 34.0 Å². The molecule has 2 heterocycles. The molecule has 1 fully saturated rings. The minimum Gasteiger partial charge on any atom is -0.497 e. The van der Waals surface area contributed by atoms with Gasteiger partial charge in [-0.1, -0.05) is 46.2 Å². The highest BCUT2D eigenvalue weighted by Gasteiger charge is 2.41. The monoisotopic (exact) mass is 1010 g/mol. The van der Waals surface area contributed by atoms with E-state index in [0.29, 0.717) is 29.8 Å². The lowest BCUT2D eigenvalue weighted by Crippen LogP contribution is -2.62. The Hall–Kier alpha value is -7.35. The Balaban J connectivity index is 1.95. The third kappa shape index (κ3) is 18.4. The van der Waals surface area contributed by atoms with Crippen LogP contribution in [-0.4, -0.2) is 165 Å². The molecule has 0 radical (unpaired) electrons. The number of aromatic nitrogens is 2. The number of carboxylic acids is 2. The fourth-order valence-corrected chi connectivity index (χ4v) is 7.78. The molecule has 0 saturated carbocycles. The number of hydrogen-bond donors (Lipinski definition) is 13. The molecular weight excluding hydrogens is 943 g/mol. The van der Waals surface area contributed by atoms with Gasteiger partial charge < -0.3 is 79.0 Å². The first-order valence-corrected chi connectivity index (χ1v) is 23.7. The molecule has 1 aliphatic heterocycles. The molecule has 0 bridgehead atoms. The van der Waals surface area contributed by atoms with E-state index in [9.17, 15) is 53.4 Å². The van der Waals surface area contributed by atoms with E-state index in [-0.39, 0.29) is 57.6 Å². The van der Waals surface area contributed by atoms with Gasteiger partial charge in [0.05, 0.1) is 25.9 Å². The molecule has 1 saturated heterocycles. The minimum atomic E-state index is -1.50. The van der Waals surface area contributed by atoms with Crippen LogP contribution in [0.4, 0.5) is 0 Å². The number of aliphatic carboxylic acids is 2. The summed E-state index contributed by atoms with van der Waals surface area (Å²) in [5.74, 6) is -9.17. The van der Waals surface area contributed by atoms with Crippen molar-refractivity contribution in [3.8, 4) is 5.75 Å². The van der Waals surface area contributed by atoms with E-state index in [1.54, 1.807) is 52.0 Å². The molecule has 1 aliphatic rings. The Bertz CT molecular complexity index is 2190. The standard InChI is InChI=1S/C46H71N13O13/c1-6-25(4)37(43(68)56-33(20-27-22-50-23-52-27)44(69)59-17-8-10-34(59)41(66)54-31(15-18-60)45(70)71)58-40(65)32(19-26-11-13-28(72-5)14-12-26)55-42(67)36(24(2)3)57-39(64)30(9-7-16-51-46(48)49)53-38(63)29(47)21-35(61)62/h11-14,22-25,29-34,36-37,60H,6-10,15-21,47H2,1-5H3,(H,50,52)(H,53,63)(H,54,66)(H,55,67)(H,56,68)(H,57,64)(H,58,65)(H,61,62)(H,70,71)(H4,48,49,51)/t25-,29-,30-,31-,32-,33-,34-,36-,37-/m0/s1. The first-order valence-electron chi connectivity index (χ1n) is 23.7. The number of guanidine groups is 1. The number of carbonyl (C=O) groups is 9. The number of imidazole rings is 1. The molecular formula is C46H71N13O13. The molecule has 72 heavy (non-hydrogen) atoms. The molecule has 3 rings (SSSR count). The van der Waals surface area contributed by atoms with E-state index in [4.69, 9.17) is 27.0 Å². The maximum atomic E-state index is 14.6. The first kappa shape index (κ1) is 59.0. The summed E-state index contributed by atoms with van der Waals surface area (Å²) < 4.78 is 5.28. The summed E-state index contributed by atoms with van der Waals surface area (Å²) in [4.78, 5) is 133. The SMILES string of the molecule is CC[C@H](C)[C@H](NC(=O)[C@H](Cc1ccc(OC)cc1)NC(=O)[C@@H](NC(=O)[C@H](CCCN=C(N)N)NC(=O)[C@@H](N)CC(=O)O)C(C)C)C(=O)N[C@@H](Cc1cnc[nH]1)C(=O)N1CCC[C@H]1C(=O)N[C@@H](CCO)C(=O)O. The maximum absolute atomic E-state index is 14.6. The summed E-state index contributed by atoms with van der Waals surface area (Å²) in [7, 11) is 1.47. The van der Waals surface area contributed by atoms with E-state index < -0.39 is 126 Å². The van der Waals surface area contributed by atoms with Crippen molar-refractivity contribution < 1.29 is 63.2 Å². The van der Waals surface area contributed by atoms with E-state index in [0.717, 1.165) is 0 Å². The Morgan fingerprint density at radius 1 is 0.819 bits per heavy atom. The van der Waals surface area contributed by atoms with Crippen molar-refractivity contribution in [1.82, 2.24) is 46.8 Å². The van der Waals surface area contributed by atoms with Crippen molar-refractivity contribution in [3.63, 3.8) is 0 Å². The number of ether oxygens (including phenoxy) is 1. The van der Waals surface area contributed by atoms with Crippen molar-refractivity contribution in [1.29, 1.82) is 0 Å². The minimum absolute atomic E-state index is 0.0525. The second kappa shape index (κ2) is 29.1. The fourth-order valence-electron chi connectivity index (χ4n) is 7.78. The van der Waals surface area contributed by atoms with Crippen LogP contribution in [0.5, 0.6) is 5.75 Å². The lowest BCUT2D eigenvalue weighted by Gasteiger charge is -2.32. The average Bonchev–Trinajstić information content (AvgIpc) is 4.05. The number of aliphatic imine (C=N–C) groups is 1. The van der Waals surface area contributed by atoms with E-state index in [1.165, 1.54) is 24.5 Å². The van der Waals surface area contributed by atoms with Gasteiger partial charge in [0, 0.05) is 50.8 Å². The number of amides is 7. The number of benzene rings is 1. The van der Waals surface area contributed by atoms with Crippen molar-refractivity contribution in [3.05, 3.63) is 48.0 Å². The number of rotatable bonds is 30. The Morgan fingerprint density at radius 3 is 2.01 bits per heavy atom. The van der Waals surface area contributed by atoms with Gasteiger partial charge in [-0.15, -0.1) is 0 Å². The summed E-state index contributed by atoms with van der Waals surface area (Å²) in [6.45, 7) is 6.40. The number of aromatic amines is 1. The van der Waals surface area contributed by atoms with Crippen LogP contribution in [0.15, 0.2) is 41.8 Å². The van der Waals surface area contributed by atoms with Gasteiger partial charge in [-0.2, -0.15) is 0 Å². The van der Waals surface area contributed by atoms with Crippen LogP contribution < -0.4 is 53.8 Å². The average molecular weight is 1010 g/mol. The second-order valence-electron chi connectivity index (χ2n) is 17.9. The van der Waals surface area contributed by atoms with E-state index in [2.05, 4.69) is 46.9 Å². The largest absolute Gasteiger partial charge is 0.497 e. The van der Waals surface area contributed by atoms with Gasteiger partial charge in [0.2, 0.25) is 41.4 Å². The lowest BCUT2D eigenvalue weighted by molar-refractivity contribution is -0.145. The van der Waals surface area contributed by atoms with Gasteiger partial charge in [0.25, 0.3) is 0 Å². The van der Waals surface area contributed by atoms with Crippen LogP contribution in [0.3, 0.4) is 0 Å². The van der Waals surface area contributed by atoms with Crippen molar-refractivity contribution in [2.45, 2.75) is 134 Å². The quantitative estimate of drug-likeness (QED) is 0.0212. The number of carboxylic acid groups (broad SMARTS) is 2. The van der Waals surface area contributed by atoms with E-state index >= 15 is 0 Å². The van der Waals surface area contributed by atoms with Crippen LogP contribution in [0.2, 0.25) is 0 Å². The van der Waals surface area contributed by atoms with Crippen LogP contribution in [0, 0.1) is 11.8 Å². The Labute approximate surface area is 416 Å². The fraction of sp³-hybridized carbons (Fsp3) is 0.587. The van der Waals surface area contributed by atoms with Gasteiger partial charge in [0.1, 0.15) is 48.0 Å². The highest BCUT2D eigenvalue weighted by Crippen LogP contribution is 2.21. The van der Waals surface area contributed by atoms with E-state index in [1.807, 2.05) is 0 Å². The van der Waals surface area contributed by atoms with Crippen LogP contribution in [0.25, 0.3) is 0 Å². The lowest BCUT2D eigenvalue weighted by atomic mass is 9.96. The molecule has 1 aromatic heterocycles. The number of aliphatic hydroxyl groups excluding tert-OH is 1. The summed E-state index contributed by atoms with van der Waals surface area (Å²) >= 11 is 0. The molecule has 0 aliphatic carbocycles. The number of H-pyrrole nitrogens is 1. The van der Waals surface area contributed by atoms with Gasteiger partial charge >= 0.3 is 11.9 Å². The smallest absolute Gasteiger partial charge is 0.326 e. The normalized spacial score (nSPS) is 16.6. The molecule has 9 atom stereocenters. The molecule has 398 valence electrons. The third-order valence-corrected chi connectivity index (χ3v) is 12.0. The summed E-state index contributed by atoms with van der Waals surface area (Å²) in [5.41, 5.74) is 17.6. The maximum Gasteiger partial charge on any atom is 0.326 e. The molecule has 26 nitrogen and oxygen atoms in total. The molecule has 7 amide bonds. The zero-order valence-electron chi connectivity index (χ0n) is 41.2. The van der Waals surface area contributed by atoms with Crippen LogP contribution in [-0.2, 0) is 56.0 Å². The Morgan fingerprint density at radius 2 is 1.44 bits per heavy atom. The van der Waals surface area contributed by atoms with Gasteiger partial charge in [-0.05, 0) is 55.2 Å². The van der Waals surface area contributed by atoms with Crippen LogP contribution in [0.1, 0.15) is 83.9 Å². The number of nitrogens with two attached hydrogens (primary N) is 3.